The maximum absolute atomic E-state index is 6.04. The molecule has 120 valence electrons. The fourth-order valence-electron chi connectivity index (χ4n) is 3.16. The minimum Gasteiger partial charge on any atom is -0.384 e. The van der Waals surface area contributed by atoms with Crippen LogP contribution in [0.5, 0.6) is 0 Å². The first-order chi connectivity index (χ1) is 11.1. The minimum atomic E-state index is 0.204. The van der Waals surface area contributed by atoms with E-state index < -0.39 is 0 Å². The number of aromatic amines is 1. The Morgan fingerprint density at radius 2 is 2.09 bits per heavy atom. The number of morpholine rings is 1. The summed E-state index contributed by atoms with van der Waals surface area (Å²) in [5.74, 6) is 0.549. The van der Waals surface area contributed by atoms with Gasteiger partial charge in [0.1, 0.15) is 5.82 Å². The maximum Gasteiger partial charge on any atom is 0.126 e. The molecule has 1 aliphatic rings. The smallest absolute Gasteiger partial charge is 0.126 e. The highest BCUT2D eigenvalue weighted by Gasteiger charge is 2.25. The summed E-state index contributed by atoms with van der Waals surface area (Å²) in [5, 5.41) is 7.04. The highest BCUT2D eigenvalue weighted by Crippen LogP contribution is 2.39. The van der Waals surface area contributed by atoms with Crippen LogP contribution in [0.25, 0.3) is 20.8 Å². The van der Waals surface area contributed by atoms with Crippen molar-refractivity contribution in [3.05, 3.63) is 24.4 Å². The molecule has 1 saturated heterocycles. The van der Waals surface area contributed by atoms with Gasteiger partial charge in [0.15, 0.2) is 0 Å². The second-order valence-electron chi connectivity index (χ2n) is 6.02. The van der Waals surface area contributed by atoms with Crippen LogP contribution in [0.1, 0.15) is 13.8 Å². The number of anilines is 2. The van der Waals surface area contributed by atoms with E-state index in [-0.39, 0.29) is 12.2 Å². The Balaban J connectivity index is 1.82. The van der Waals surface area contributed by atoms with Gasteiger partial charge in [0.2, 0.25) is 0 Å². The van der Waals surface area contributed by atoms with E-state index in [0.29, 0.717) is 5.82 Å². The predicted molar refractivity (Wildman–Crippen MR) is 93.8 cm³/mol. The Morgan fingerprint density at radius 1 is 1.30 bits per heavy atom. The van der Waals surface area contributed by atoms with Crippen molar-refractivity contribution in [3.8, 4) is 10.6 Å². The molecule has 1 fully saturated rings. The van der Waals surface area contributed by atoms with Gasteiger partial charge in [0, 0.05) is 25.4 Å². The molecule has 0 amide bonds. The molecule has 7 heteroatoms. The maximum atomic E-state index is 6.04. The van der Waals surface area contributed by atoms with Gasteiger partial charge >= 0.3 is 0 Å². The number of hydrogen-bond acceptors (Lipinski definition) is 6. The summed E-state index contributed by atoms with van der Waals surface area (Å²) < 4.78 is 7.00. The van der Waals surface area contributed by atoms with Crippen LogP contribution in [-0.2, 0) is 4.74 Å². The van der Waals surface area contributed by atoms with Crippen molar-refractivity contribution in [2.75, 3.05) is 23.7 Å². The molecule has 0 bridgehead atoms. The molecule has 23 heavy (non-hydrogen) atoms. The minimum absolute atomic E-state index is 0.204. The zero-order chi connectivity index (χ0) is 16.0. The lowest BCUT2D eigenvalue weighted by Gasteiger charge is -2.37. The molecular weight excluding hydrogens is 310 g/mol. The molecule has 0 unspecified atom stereocenters. The first-order valence-electron chi connectivity index (χ1n) is 7.70. The molecule has 0 spiro atoms. The normalized spacial score (nSPS) is 21.9. The molecule has 4 rings (SSSR count). The van der Waals surface area contributed by atoms with E-state index in [0.717, 1.165) is 39.6 Å². The highest BCUT2D eigenvalue weighted by molar-refractivity contribution is 7.22. The van der Waals surface area contributed by atoms with E-state index >= 15 is 0 Å². The molecule has 0 aromatic carbocycles. The van der Waals surface area contributed by atoms with Crippen molar-refractivity contribution in [1.82, 2.24) is 15.2 Å². The number of nitrogens with zero attached hydrogens (tertiary/aromatic N) is 3. The van der Waals surface area contributed by atoms with Crippen molar-refractivity contribution < 1.29 is 4.74 Å². The molecule has 0 aliphatic carbocycles. The van der Waals surface area contributed by atoms with E-state index in [4.69, 9.17) is 10.5 Å². The van der Waals surface area contributed by atoms with Gasteiger partial charge in [-0.3, -0.25) is 5.10 Å². The Bertz CT molecular complexity index is 818. The van der Waals surface area contributed by atoms with Gasteiger partial charge in [0.05, 0.1) is 38.7 Å². The van der Waals surface area contributed by atoms with Crippen molar-refractivity contribution in [1.29, 1.82) is 0 Å². The number of H-pyrrole nitrogens is 1. The summed E-state index contributed by atoms with van der Waals surface area (Å²) in [6.45, 7) is 5.93. The average Bonchev–Trinajstić information content (AvgIpc) is 3.13. The first kappa shape index (κ1) is 14.5. The van der Waals surface area contributed by atoms with E-state index in [2.05, 4.69) is 40.0 Å². The van der Waals surface area contributed by atoms with Gasteiger partial charge in [-0.15, -0.1) is 11.3 Å². The molecule has 0 saturated carbocycles. The molecule has 6 nitrogen and oxygen atoms in total. The van der Waals surface area contributed by atoms with Gasteiger partial charge in [-0.25, -0.2) is 4.98 Å². The van der Waals surface area contributed by atoms with Crippen LogP contribution < -0.4 is 10.6 Å². The summed E-state index contributed by atoms with van der Waals surface area (Å²) in [4.78, 5) is 7.97. The molecule has 2 atom stereocenters. The highest BCUT2D eigenvalue weighted by atomic mass is 32.1. The lowest BCUT2D eigenvalue weighted by Crippen LogP contribution is -2.45. The van der Waals surface area contributed by atoms with Gasteiger partial charge in [-0.05, 0) is 26.0 Å². The Kier molecular flexibility index (Phi) is 3.46. The van der Waals surface area contributed by atoms with Gasteiger partial charge in [-0.2, -0.15) is 5.10 Å². The lowest BCUT2D eigenvalue weighted by atomic mass is 10.2. The Hall–Kier alpha value is -2.12. The third-order valence-corrected chi connectivity index (χ3v) is 5.19. The molecule has 0 radical (unpaired) electrons. The zero-order valence-electron chi connectivity index (χ0n) is 13.1. The van der Waals surface area contributed by atoms with E-state index in [9.17, 15) is 0 Å². The topological polar surface area (TPSA) is 80.1 Å². The number of nitrogens with one attached hydrogen (secondary N) is 1. The lowest BCUT2D eigenvalue weighted by molar-refractivity contribution is -0.00512. The number of hydrogen-bond donors (Lipinski definition) is 2. The zero-order valence-corrected chi connectivity index (χ0v) is 13.9. The molecule has 4 heterocycles. The summed E-state index contributed by atoms with van der Waals surface area (Å²) in [6, 6.07) is 6.01. The van der Waals surface area contributed by atoms with E-state index in [1.807, 2.05) is 12.1 Å². The second-order valence-corrected chi connectivity index (χ2v) is 7.08. The largest absolute Gasteiger partial charge is 0.384 e. The standard InChI is InChI=1S/C16H19N5OS/c1-9-7-21(8-10(2)22-9)13-6-15(17)19-12-5-14(23-16(12)13)11-3-4-18-20-11/h3-6,9-10H,7-8H2,1-2H3,(H2,17,19)(H,18,20)/t9-,10+. The van der Waals surface area contributed by atoms with Crippen LogP contribution in [0.4, 0.5) is 11.5 Å². The number of thiophene rings is 1. The van der Waals surface area contributed by atoms with E-state index in [1.165, 1.54) is 0 Å². The summed E-state index contributed by atoms with van der Waals surface area (Å²) in [5.41, 5.74) is 9.12. The Labute approximate surface area is 138 Å². The van der Waals surface area contributed by atoms with Crippen molar-refractivity contribution in [2.24, 2.45) is 0 Å². The molecule has 1 aliphatic heterocycles. The fraction of sp³-hybridized carbons (Fsp3) is 0.375. The molecule has 3 aromatic heterocycles. The predicted octanol–water partition coefficient (Wildman–Crippen LogP) is 2.88. The third kappa shape index (κ3) is 2.66. The molecule has 3 aromatic rings. The number of rotatable bonds is 2. The van der Waals surface area contributed by atoms with Crippen LogP contribution >= 0.6 is 11.3 Å². The van der Waals surface area contributed by atoms with Crippen LogP contribution in [0.2, 0.25) is 0 Å². The van der Waals surface area contributed by atoms with Gasteiger partial charge in [0.25, 0.3) is 0 Å². The van der Waals surface area contributed by atoms with Crippen molar-refractivity contribution >= 4 is 33.1 Å². The van der Waals surface area contributed by atoms with Crippen LogP contribution in [0.3, 0.4) is 0 Å². The molecule has 3 N–H and O–H groups in total. The number of ether oxygens (including phenoxy) is 1. The van der Waals surface area contributed by atoms with Gasteiger partial charge < -0.3 is 15.4 Å². The summed E-state index contributed by atoms with van der Waals surface area (Å²) in [7, 11) is 0. The average molecular weight is 329 g/mol. The Morgan fingerprint density at radius 3 is 2.78 bits per heavy atom. The van der Waals surface area contributed by atoms with Gasteiger partial charge in [-0.1, -0.05) is 0 Å². The van der Waals surface area contributed by atoms with Crippen molar-refractivity contribution in [2.45, 2.75) is 26.1 Å². The van der Waals surface area contributed by atoms with Crippen molar-refractivity contribution in [3.63, 3.8) is 0 Å². The number of fused-ring (bicyclic) bond motifs is 1. The van der Waals surface area contributed by atoms with Crippen LogP contribution in [0, 0.1) is 0 Å². The molecular formula is C16H19N5OS. The summed E-state index contributed by atoms with van der Waals surface area (Å²) >= 11 is 1.71. The third-order valence-electron chi connectivity index (χ3n) is 4.01. The monoisotopic (exact) mass is 329 g/mol. The quantitative estimate of drug-likeness (QED) is 0.755. The summed E-state index contributed by atoms with van der Waals surface area (Å²) in [6.07, 6.45) is 2.17. The van der Waals surface area contributed by atoms with Crippen LogP contribution in [-0.4, -0.2) is 40.5 Å². The van der Waals surface area contributed by atoms with E-state index in [1.54, 1.807) is 17.5 Å². The fourth-order valence-corrected chi connectivity index (χ4v) is 4.28. The number of pyridine rings is 1. The second kappa shape index (κ2) is 5.50. The SMILES string of the molecule is C[C@@H]1CN(c2cc(N)nc3cc(-c4ccn[nH]4)sc23)C[C@H](C)O1. The number of nitrogen functional groups attached to an aromatic ring is 1. The number of nitrogens with two attached hydrogens (primary N) is 1. The first-order valence-corrected chi connectivity index (χ1v) is 8.52. The number of aromatic nitrogens is 3. The van der Waals surface area contributed by atoms with Crippen LogP contribution in [0.15, 0.2) is 24.4 Å².